The monoisotopic (exact) mass is 206 g/mol. The largest absolute Gasteiger partial charge is 0.387 e. The van der Waals surface area contributed by atoms with Crippen LogP contribution in [0.15, 0.2) is 0 Å². The highest BCUT2D eigenvalue weighted by molar-refractivity contribution is 4.91. The first-order chi connectivity index (χ1) is 6.59. The van der Waals surface area contributed by atoms with Crippen LogP contribution >= 0.6 is 0 Å². The molecule has 2 heterocycles. The van der Waals surface area contributed by atoms with Crippen molar-refractivity contribution in [2.75, 3.05) is 6.61 Å². The first kappa shape index (κ1) is 10.3. The van der Waals surface area contributed by atoms with E-state index in [-0.39, 0.29) is 6.61 Å². The number of aliphatic hydroxyl groups is 3. The Hall–Kier alpha value is -0.240. The summed E-state index contributed by atoms with van der Waals surface area (Å²) in [4.78, 5) is 0. The molecule has 2 saturated heterocycles. The third-order valence-electron chi connectivity index (χ3n) is 2.50. The molecule has 0 aromatic carbocycles. The van der Waals surface area contributed by atoms with Crippen LogP contribution in [-0.4, -0.2) is 58.9 Å². The Balaban J connectivity index is 2.08. The van der Waals surface area contributed by atoms with Gasteiger partial charge in [-0.15, -0.1) is 0 Å². The third kappa shape index (κ3) is 1.65. The van der Waals surface area contributed by atoms with Crippen LogP contribution in [0, 0.1) is 0 Å². The van der Waals surface area contributed by atoms with Crippen molar-refractivity contribution in [1.29, 1.82) is 0 Å². The molecule has 82 valence electrons. The van der Waals surface area contributed by atoms with Crippen molar-refractivity contribution in [3.8, 4) is 0 Å². The normalized spacial score (nSPS) is 54.0. The van der Waals surface area contributed by atoms with Gasteiger partial charge in [0.25, 0.3) is 0 Å². The summed E-state index contributed by atoms with van der Waals surface area (Å²) in [6.07, 6.45) is -5.46. The van der Waals surface area contributed by atoms with Gasteiger partial charge in [0.1, 0.15) is 24.4 Å². The smallest absolute Gasteiger partial charge is 0.184 e. The molecule has 6 heteroatoms. The van der Waals surface area contributed by atoms with Gasteiger partial charge in [0.15, 0.2) is 12.6 Å². The van der Waals surface area contributed by atoms with E-state index in [1.54, 1.807) is 6.92 Å². The van der Waals surface area contributed by atoms with Crippen LogP contribution in [0.1, 0.15) is 6.92 Å². The van der Waals surface area contributed by atoms with E-state index in [1.165, 1.54) is 0 Å². The lowest BCUT2D eigenvalue weighted by atomic mass is 9.98. The van der Waals surface area contributed by atoms with Gasteiger partial charge in [-0.1, -0.05) is 0 Å². The van der Waals surface area contributed by atoms with Crippen LogP contribution in [0.2, 0.25) is 0 Å². The van der Waals surface area contributed by atoms with Gasteiger partial charge < -0.3 is 29.5 Å². The van der Waals surface area contributed by atoms with Gasteiger partial charge in [0, 0.05) is 0 Å². The number of aliphatic hydroxyl groups excluding tert-OH is 3. The minimum atomic E-state index is -1.38. The number of hydrogen-bond acceptors (Lipinski definition) is 6. The zero-order valence-electron chi connectivity index (χ0n) is 7.74. The molecule has 0 aliphatic carbocycles. The molecule has 3 N–H and O–H groups in total. The van der Waals surface area contributed by atoms with E-state index in [9.17, 15) is 15.3 Å². The highest BCUT2D eigenvalue weighted by Crippen LogP contribution is 2.27. The van der Waals surface area contributed by atoms with Gasteiger partial charge in [0.2, 0.25) is 0 Å². The van der Waals surface area contributed by atoms with Gasteiger partial charge in [-0.2, -0.15) is 0 Å². The molecule has 0 aromatic heterocycles. The Labute approximate surface area is 81.0 Å². The van der Waals surface area contributed by atoms with E-state index in [0.717, 1.165) is 0 Å². The van der Waals surface area contributed by atoms with Crippen LogP contribution in [-0.2, 0) is 14.2 Å². The van der Waals surface area contributed by atoms with Crippen LogP contribution in [0.25, 0.3) is 0 Å². The zero-order valence-corrected chi connectivity index (χ0v) is 7.74. The second-order valence-electron chi connectivity index (χ2n) is 3.55. The second kappa shape index (κ2) is 3.73. The van der Waals surface area contributed by atoms with E-state index in [4.69, 9.17) is 14.2 Å². The van der Waals surface area contributed by atoms with Crippen molar-refractivity contribution in [3.05, 3.63) is 0 Å². The lowest BCUT2D eigenvalue weighted by Gasteiger charge is -2.44. The van der Waals surface area contributed by atoms with Crippen molar-refractivity contribution in [3.63, 3.8) is 0 Å². The molecular formula is C8H14O6. The maximum Gasteiger partial charge on any atom is 0.184 e. The van der Waals surface area contributed by atoms with Crippen LogP contribution in [0.5, 0.6) is 0 Å². The number of hydrogen-bond donors (Lipinski definition) is 3. The molecule has 0 aromatic rings. The highest BCUT2D eigenvalue weighted by atomic mass is 16.7. The SMILES string of the molecule is C[C@@H]1OC[C@@H]2O[C@@H](O)[C@@H](O)[C@H](O)[C@H]2O1. The molecule has 2 aliphatic rings. The van der Waals surface area contributed by atoms with E-state index < -0.39 is 37.0 Å². The summed E-state index contributed by atoms with van der Waals surface area (Å²) >= 11 is 0. The molecule has 6 nitrogen and oxygen atoms in total. The van der Waals surface area contributed by atoms with Gasteiger partial charge >= 0.3 is 0 Å². The Morgan fingerprint density at radius 3 is 2.50 bits per heavy atom. The van der Waals surface area contributed by atoms with Crippen LogP contribution in [0.3, 0.4) is 0 Å². The Bertz CT molecular complexity index is 208. The first-order valence-electron chi connectivity index (χ1n) is 4.56. The predicted molar refractivity (Wildman–Crippen MR) is 43.2 cm³/mol. The number of ether oxygens (including phenoxy) is 3. The van der Waals surface area contributed by atoms with Gasteiger partial charge in [-0.25, -0.2) is 0 Å². The Morgan fingerprint density at radius 2 is 1.79 bits per heavy atom. The molecule has 0 bridgehead atoms. The standard InChI is InChI=1S/C8H14O6/c1-3-12-2-4-7(13-3)5(9)6(10)8(11)14-4/h3-11H,2H2,1H3/t3-,4+,5+,6+,7+,8-/m1/s1. The van der Waals surface area contributed by atoms with Gasteiger partial charge in [0.05, 0.1) is 6.61 Å². The predicted octanol–water partition coefficient (Wildman–Crippen LogP) is -1.81. The van der Waals surface area contributed by atoms with Gasteiger partial charge in [-0.3, -0.25) is 0 Å². The van der Waals surface area contributed by atoms with Crippen molar-refractivity contribution >= 4 is 0 Å². The fourth-order valence-electron chi connectivity index (χ4n) is 1.71. The summed E-state index contributed by atoms with van der Waals surface area (Å²) in [7, 11) is 0. The van der Waals surface area contributed by atoms with E-state index in [1.807, 2.05) is 0 Å². The molecule has 0 spiro atoms. The quantitative estimate of drug-likeness (QED) is 0.433. The summed E-state index contributed by atoms with van der Waals surface area (Å²) in [6, 6.07) is 0. The molecule has 2 rings (SSSR count). The van der Waals surface area contributed by atoms with Crippen molar-refractivity contribution in [2.45, 2.75) is 43.9 Å². The van der Waals surface area contributed by atoms with E-state index >= 15 is 0 Å². The van der Waals surface area contributed by atoms with Crippen molar-refractivity contribution < 1.29 is 29.5 Å². The average Bonchev–Trinajstić information content (AvgIpc) is 2.16. The van der Waals surface area contributed by atoms with E-state index in [0.29, 0.717) is 0 Å². The fraction of sp³-hybridized carbons (Fsp3) is 1.00. The van der Waals surface area contributed by atoms with Crippen LogP contribution in [0.4, 0.5) is 0 Å². The van der Waals surface area contributed by atoms with Gasteiger partial charge in [-0.05, 0) is 6.92 Å². The first-order valence-corrected chi connectivity index (χ1v) is 4.56. The summed E-state index contributed by atoms with van der Waals surface area (Å²) in [5, 5.41) is 28.1. The molecule has 14 heavy (non-hydrogen) atoms. The fourth-order valence-corrected chi connectivity index (χ4v) is 1.71. The molecular weight excluding hydrogens is 192 g/mol. The van der Waals surface area contributed by atoms with Crippen molar-refractivity contribution in [1.82, 2.24) is 0 Å². The molecule has 2 aliphatic heterocycles. The summed E-state index contributed by atoms with van der Waals surface area (Å²) in [5.74, 6) is 0. The number of fused-ring (bicyclic) bond motifs is 1. The Kier molecular flexibility index (Phi) is 2.74. The average molecular weight is 206 g/mol. The zero-order chi connectivity index (χ0) is 10.3. The third-order valence-corrected chi connectivity index (χ3v) is 2.50. The lowest BCUT2D eigenvalue weighted by molar-refractivity contribution is -0.348. The summed E-state index contributed by atoms with van der Waals surface area (Å²) in [6.45, 7) is 1.94. The molecule has 0 radical (unpaired) electrons. The second-order valence-corrected chi connectivity index (χ2v) is 3.55. The number of rotatable bonds is 0. The lowest BCUT2D eigenvalue weighted by Crippen LogP contribution is -2.62. The minimum absolute atomic E-state index is 0.243. The molecule has 2 fully saturated rings. The summed E-state index contributed by atoms with van der Waals surface area (Å²) < 4.78 is 15.4. The van der Waals surface area contributed by atoms with E-state index in [2.05, 4.69) is 0 Å². The molecule has 0 unspecified atom stereocenters. The van der Waals surface area contributed by atoms with Crippen LogP contribution < -0.4 is 0 Å². The molecule has 0 amide bonds. The maximum absolute atomic E-state index is 9.59. The molecule has 6 atom stereocenters. The van der Waals surface area contributed by atoms with Crippen molar-refractivity contribution in [2.24, 2.45) is 0 Å². The Morgan fingerprint density at radius 1 is 1.07 bits per heavy atom. The highest BCUT2D eigenvalue weighted by Gasteiger charge is 2.47. The molecule has 0 saturated carbocycles. The summed E-state index contributed by atoms with van der Waals surface area (Å²) in [5.41, 5.74) is 0. The topological polar surface area (TPSA) is 88.4 Å². The maximum atomic E-state index is 9.59. The minimum Gasteiger partial charge on any atom is -0.387 e.